The number of nitrogens with one attached hydrogen (secondary N) is 2. The third-order valence-corrected chi connectivity index (χ3v) is 5.69. The standard InChI is InChI=1S/C24H28N8O3/c1-31(2)23(34)14-5-7-17(8-6-14)26-22-20(21(25)33)29-30-24(28-22)27-18-11-16-13-32(3)10-9-15(16)12-19(18)35-4/h5-8,11-12H,9-10,13H2,1-4H3,(H2,25,33)(H2,26,27,28,30). The molecule has 3 aromatic rings. The zero-order valence-electron chi connectivity index (χ0n) is 20.1. The predicted octanol–water partition coefficient (Wildman–Crippen LogP) is 2.16. The number of rotatable bonds is 7. The topological polar surface area (TPSA) is 139 Å². The number of primary amides is 1. The number of likely N-dealkylation sites (N-methyl/N-ethyl adjacent to an activating group) is 1. The van der Waals surface area contributed by atoms with Crippen molar-refractivity contribution in [1.82, 2.24) is 25.0 Å². The van der Waals surface area contributed by atoms with Gasteiger partial charge in [0.2, 0.25) is 5.95 Å². The average Bonchev–Trinajstić information content (AvgIpc) is 2.83. The third kappa shape index (κ3) is 5.30. The minimum absolute atomic E-state index is 0.108. The summed E-state index contributed by atoms with van der Waals surface area (Å²) >= 11 is 0. The highest BCUT2D eigenvalue weighted by atomic mass is 16.5. The predicted molar refractivity (Wildman–Crippen MR) is 132 cm³/mol. The van der Waals surface area contributed by atoms with Gasteiger partial charge in [0.1, 0.15) is 5.75 Å². The molecule has 4 rings (SSSR count). The van der Waals surface area contributed by atoms with E-state index in [4.69, 9.17) is 10.5 Å². The lowest BCUT2D eigenvalue weighted by molar-refractivity contribution is 0.0827. The highest BCUT2D eigenvalue weighted by molar-refractivity contribution is 5.96. The number of nitrogens with zero attached hydrogens (tertiary/aromatic N) is 5. The summed E-state index contributed by atoms with van der Waals surface area (Å²) in [5, 5.41) is 14.2. The molecule has 11 heteroatoms. The van der Waals surface area contributed by atoms with Crippen LogP contribution in [0.3, 0.4) is 0 Å². The summed E-state index contributed by atoms with van der Waals surface area (Å²) < 4.78 is 5.57. The second-order valence-electron chi connectivity index (χ2n) is 8.53. The Hall–Kier alpha value is -4.25. The molecule has 1 aliphatic rings. The van der Waals surface area contributed by atoms with Crippen LogP contribution in [-0.4, -0.2) is 71.6 Å². The van der Waals surface area contributed by atoms with Gasteiger partial charge in [-0.2, -0.15) is 4.98 Å². The molecule has 0 radical (unpaired) electrons. The fraction of sp³-hybridized carbons (Fsp3) is 0.292. The zero-order valence-corrected chi connectivity index (χ0v) is 20.1. The number of anilines is 4. The number of benzene rings is 2. The van der Waals surface area contributed by atoms with E-state index in [1.54, 1.807) is 45.5 Å². The molecule has 2 aromatic carbocycles. The molecule has 11 nitrogen and oxygen atoms in total. The Morgan fingerprint density at radius 1 is 1.09 bits per heavy atom. The molecular weight excluding hydrogens is 448 g/mol. The van der Waals surface area contributed by atoms with Crippen molar-refractivity contribution in [1.29, 1.82) is 0 Å². The van der Waals surface area contributed by atoms with E-state index in [1.807, 2.05) is 12.1 Å². The van der Waals surface area contributed by atoms with Gasteiger partial charge in [-0.25, -0.2) is 0 Å². The smallest absolute Gasteiger partial charge is 0.273 e. The van der Waals surface area contributed by atoms with Crippen LogP contribution in [0.15, 0.2) is 36.4 Å². The van der Waals surface area contributed by atoms with Crippen LogP contribution in [0.1, 0.15) is 32.0 Å². The van der Waals surface area contributed by atoms with Gasteiger partial charge in [0.05, 0.1) is 12.8 Å². The minimum atomic E-state index is -0.771. The van der Waals surface area contributed by atoms with E-state index in [0.717, 1.165) is 19.5 Å². The lowest BCUT2D eigenvalue weighted by atomic mass is 9.99. The number of amides is 2. The molecule has 0 saturated carbocycles. The quantitative estimate of drug-likeness (QED) is 0.468. The van der Waals surface area contributed by atoms with Crippen LogP contribution >= 0.6 is 0 Å². The molecule has 35 heavy (non-hydrogen) atoms. The number of ether oxygens (including phenoxy) is 1. The van der Waals surface area contributed by atoms with Crippen molar-refractivity contribution >= 4 is 35.0 Å². The molecule has 0 saturated heterocycles. The van der Waals surface area contributed by atoms with E-state index in [1.165, 1.54) is 16.0 Å². The van der Waals surface area contributed by atoms with Crippen LogP contribution in [0.25, 0.3) is 0 Å². The van der Waals surface area contributed by atoms with Crippen molar-refractivity contribution < 1.29 is 14.3 Å². The lowest BCUT2D eigenvalue weighted by Crippen LogP contribution is -2.26. The van der Waals surface area contributed by atoms with Crippen LogP contribution in [0.2, 0.25) is 0 Å². The molecule has 4 N–H and O–H groups in total. The second kappa shape index (κ2) is 9.94. The van der Waals surface area contributed by atoms with Gasteiger partial charge in [-0.05, 0) is 61.0 Å². The van der Waals surface area contributed by atoms with Gasteiger partial charge in [0.15, 0.2) is 11.5 Å². The molecular formula is C24H28N8O3. The van der Waals surface area contributed by atoms with E-state index in [9.17, 15) is 9.59 Å². The van der Waals surface area contributed by atoms with Crippen molar-refractivity contribution in [3.05, 3.63) is 58.8 Å². The monoisotopic (exact) mass is 476 g/mol. The van der Waals surface area contributed by atoms with Crippen LogP contribution in [-0.2, 0) is 13.0 Å². The molecule has 1 aromatic heterocycles. The summed E-state index contributed by atoms with van der Waals surface area (Å²) in [5.74, 6) is 0.0758. The molecule has 2 amide bonds. The number of fused-ring (bicyclic) bond motifs is 1. The van der Waals surface area contributed by atoms with Gasteiger partial charge < -0.3 is 30.9 Å². The van der Waals surface area contributed by atoms with Gasteiger partial charge in [-0.3, -0.25) is 9.59 Å². The number of hydrogen-bond acceptors (Lipinski definition) is 9. The largest absolute Gasteiger partial charge is 0.495 e. The zero-order chi connectivity index (χ0) is 25.1. The maximum Gasteiger partial charge on any atom is 0.273 e. The fourth-order valence-corrected chi connectivity index (χ4v) is 3.84. The van der Waals surface area contributed by atoms with Crippen LogP contribution in [0.5, 0.6) is 5.75 Å². The highest BCUT2D eigenvalue weighted by Gasteiger charge is 2.19. The van der Waals surface area contributed by atoms with Crippen molar-refractivity contribution in [2.75, 3.05) is 45.4 Å². The molecule has 0 fully saturated rings. The number of nitrogens with two attached hydrogens (primary N) is 1. The first kappa shape index (κ1) is 23.9. The number of carbonyl (C=O) groups excluding carboxylic acids is 2. The van der Waals surface area contributed by atoms with E-state index in [2.05, 4.69) is 37.8 Å². The third-order valence-electron chi connectivity index (χ3n) is 5.69. The first-order chi connectivity index (χ1) is 16.7. The maximum absolute atomic E-state index is 12.1. The number of carbonyl (C=O) groups is 2. The Bertz CT molecular complexity index is 1260. The number of aromatic nitrogens is 3. The summed E-state index contributed by atoms with van der Waals surface area (Å²) in [4.78, 5) is 32.2. The number of methoxy groups -OCH3 is 1. The number of hydrogen-bond donors (Lipinski definition) is 3. The van der Waals surface area contributed by atoms with Gasteiger partial charge >= 0.3 is 0 Å². The minimum Gasteiger partial charge on any atom is -0.495 e. The van der Waals surface area contributed by atoms with Crippen molar-refractivity contribution in [2.45, 2.75) is 13.0 Å². The molecule has 182 valence electrons. The maximum atomic E-state index is 12.1. The van der Waals surface area contributed by atoms with Crippen LogP contribution in [0.4, 0.5) is 23.1 Å². The molecule has 0 atom stereocenters. The van der Waals surface area contributed by atoms with Crippen LogP contribution < -0.4 is 21.1 Å². The van der Waals surface area contributed by atoms with Gasteiger partial charge in [-0.15, -0.1) is 10.2 Å². The van der Waals surface area contributed by atoms with E-state index >= 15 is 0 Å². The summed E-state index contributed by atoms with van der Waals surface area (Å²) in [6.45, 7) is 1.82. The Kier molecular flexibility index (Phi) is 6.78. The Morgan fingerprint density at radius 2 is 1.83 bits per heavy atom. The first-order valence-corrected chi connectivity index (χ1v) is 11.0. The summed E-state index contributed by atoms with van der Waals surface area (Å²) in [5.41, 5.74) is 9.63. The van der Waals surface area contributed by atoms with Crippen molar-refractivity contribution in [2.24, 2.45) is 5.73 Å². The Labute approximate surface area is 203 Å². The van der Waals surface area contributed by atoms with Gasteiger partial charge in [0.25, 0.3) is 11.8 Å². The van der Waals surface area contributed by atoms with E-state index < -0.39 is 5.91 Å². The average molecular weight is 477 g/mol. The molecule has 2 heterocycles. The molecule has 1 aliphatic heterocycles. The molecule has 0 aliphatic carbocycles. The van der Waals surface area contributed by atoms with Gasteiger partial charge in [-0.1, -0.05) is 0 Å². The van der Waals surface area contributed by atoms with Crippen molar-refractivity contribution in [3.63, 3.8) is 0 Å². The van der Waals surface area contributed by atoms with Crippen molar-refractivity contribution in [3.8, 4) is 5.75 Å². The molecule has 0 spiro atoms. The van der Waals surface area contributed by atoms with Crippen LogP contribution in [0, 0.1) is 0 Å². The summed E-state index contributed by atoms with van der Waals surface area (Å²) in [6.07, 6.45) is 0.945. The lowest BCUT2D eigenvalue weighted by Gasteiger charge is -2.26. The SMILES string of the molecule is COc1cc2c(cc1Nc1nnc(C(N)=O)c(Nc3ccc(C(=O)N(C)C)cc3)n1)CN(C)CC2. The van der Waals surface area contributed by atoms with E-state index in [-0.39, 0.29) is 23.4 Å². The summed E-state index contributed by atoms with van der Waals surface area (Å²) in [6, 6.07) is 10.8. The second-order valence-corrected chi connectivity index (χ2v) is 8.53. The van der Waals surface area contributed by atoms with E-state index in [0.29, 0.717) is 22.7 Å². The first-order valence-electron chi connectivity index (χ1n) is 11.0. The molecule has 0 unspecified atom stereocenters. The fourth-order valence-electron chi connectivity index (χ4n) is 3.84. The normalized spacial score (nSPS) is 13.0. The Morgan fingerprint density at radius 3 is 2.49 bits per heavy atom. The summed E-state index contributed by atoms with van der Waals surface area (Å²) in [7, 11) is 7.06. The Balaban J connectivity index is 1.62. The van der Waals surface area contributed by atoms with Gasteiger partial charge in [0, 0.05) is 38.4 Å². The highest BCUT2D eigenvalue weighted by Crippen LogP contribution is 2.33. The molecule has 0 bridgehead atoms.